The highest BCUT2D eigenvalue weighted by molar-refractivity contribution is 6.47. The molecule has 0 saturated carbocycles. The second kappa shape index (κ2) is 8.06. The molecule has 0 atom stereocenters. The smallest absolute Gasteiger partial charge is 0.320 e. The van der Waals surface area contributed by atoms with Gasteiger partial charge in [0.1, 0.15) is 0 Å². The highest BCUT2D eigenvalue weighted by Gasteiger charge is 2.30. The summed E-state index contributed by atoms with van der Waals surface area (Å²) in [5.41, 5.74) is 1.75. The first-order valence-corrected chi connectivity index (χ1v) is 9.34. The van der Waals surface area contributed by atoms with Crippen molar-refractivity contribution in [2.75, 3.05) is 5.32 Å². The van der Waals surface area contributed by atoms with Crippen LogP contribution in [0, 0.1) is 0 Å². The Morgan fingerprint density at radius 2 is 1.77 bits per heavy atom. The van der Waals surface area contributed by atoms with Gasteiger partial charge < -0.3 is 9.72 Å². The number of alkyl halides is 3. The third-order valence-corrected chi connectivity index (χ3v) is 4.79. The number of carbonyl (C=O) groups is 2. The monoisotopic (exact) mass is 423 g/mol. The van der Waals surface area contributed by atoms with Crippen LogP contribution < -0.4 is 5.32 Å². The maximum atomic E-state index is 12.8. The summed E-state index contributed by atoms with van der Waals surface area (Å²) in [6, 6.07) is 14.9. The van der Waals surface area contributed by atoms with Gasteiger partial charge in [0.25, 0.3) is 11.7 Å². The number of Topliss-reactive ketones (excluding diaryl/α,β-unsaturated/α-hetero) is 1. The van der Waals surface area contributed by atoms with Crippen molar-refractivity contribution < 1.29 is 22.8 Å². The molecule has 3 heterocycles. The largest absolute Gasteiger partial charge is 0.416 e. The Labute approximate surface area is 175 Å². The summed E-state index contributed by atoms with van der Waals surface area (Å²) < 4.78 is 40.1. The molecule has 1 amide bonds. The molecule has 0 fully saturated rings. The van der Waals surface area contributed by atoms with Crippen molar-refractivity contribution in [2.24, 2.45) is 0 Å². The fourth-order valence-electron chi connectivity index (χ4n) is 3.31. The van der Waals surface area contributed by atoms with Gasteiger partial charge in [0.05, 0.1) is 28.5 Å². The lowest BCUT2D eigenvalue weighted by atomic mass is 10.1. The number of rotatable bonds is 5. The molecule has 1 aromatic carbocycles. The molecule has 0 aliphatic heterocycles. The molecule has 31 heavy (non-hydrogen) atoms. The van der Waals surface area contributed by atoms with Crippen LogP contribution in [0.3, 0.4) is 0 Å². The average Bonchev–Trinajstić information content (AvgIpc) is 3.12. The van der Waals surface area contributed by atoms with Gasteiger partial charge in [0.15, 0.2) is 0 Å². The number of nitrogens with zero attached hydrogens (tertiary/aromatic N) is 2. The number of benzene rings is 1. The third-order valence-electron chi connectivity index (χ3n) is 4.79. The minimum absolute atomic E-state index is 0.212. The van der Waals surface area contributed by atoms with E-state index >= 15 is 0 Å². The first-order valence-electron chi connectivity index (χ1n) is 9.34. The molecule has 8 heteroatoms. The van der Waals surface area contributed by atoms with Crippen molar-refractivity contribution in [3.05, 3.63) is 102 Å². The highest BCUT2D eigenvalue weighted by Crippen LogP contribution is 2.29. The van der Waals surface area contributed by atoms with Gasteiger partial charge in [-0.05, 0) is 48.0 Å². The number of carbonyl (C=O) groups excluding carboxylic acids is 2. The van der Waals surface area contributed by atoms with Gasteiger partial charge in [-0.25, -0.2) is 0 Å². The predicted molar refractivity (Wildman–Crippen MR) is 109 cm³/mol. The number of halogens is 3. The number of anilines is 1. The Morgan fingerprint density at radius 1 is 1.00 bits per heavy atom. The van der Waals surface area contributed by atoms with Gasteiger partial charge in [-0.3, -0.25) is 14.6 Å². The van der Waals surface area contributed by atoms with Gasteiger partial charge in [-0.15, -0.1) is 0 Å². The Hall–Kier alpha value is -3.94. The average molecular weight is 423 g/mol. The molecule has 0 unspecified atom stereocenters. The fraction of sp³-hybridized carbons (Fsp3) is 0.0870. The lowest BCUT2D eigenvalue weighted by Gasteiger charge is -2.08. The summed E-state index contributed by atoms with van der Waals surface area (Å²) in [7, 11) is 0. The van der Waals surface area contributed by atoms with Crippen LogP contribution in [0.2, 0.25) is 0 Å². The van der Waals surface area contributed by atoms with Crippen LogP contribution in [0.5, 0.6) is 0 Å². The van der Waals surface area contributed by atoms with E-state index < -0.39 is 23.4 Å². The summed E-state index contributed by atoms with van der Waals surface area (Å²) in [6.45, 7) is 0. The van der Waals surface area contributed by atoms with Crippen LogP contribution in [0.25, 0.3) is 5.52 Å². The van der Waals surface area contributed by atoms with E-state index in [1.807, 2.05) is 0 Å². The van der Waals surface area contributed by atoms with Gasteiger partial charge >= 0.3 is 6.18 Å². The molecule has 4 aromatic rings. The van der Waals surface area contributed by atoms with Gasteiger partial charge in [0, 0.05) is 24.5 Å². The number of hydrogen-bond donors (Lipinski definition) is 1. The van der Waals surface area contributed by atoms with E-state index in [4.69, 9.17) is 0 Å². The normalized spacial score (nSPS) is 11.5. The van der Waals surface area contributed by atoms with Gasteiger partial charge in [-0.1, -0.05) is 18.2 Å². The predicted octanol–water partition coefficient (Wildman–Crippen LogP) is 4.77. The second-order valence-corrected chi connectivity index (χ2v) is 6.90. The van der Waals surface area contributed by atoms with Gasteiger partial charge in [0.2, 0.25) is 0 Å². The van der Waals surface area contributed by atoms with Crippen molar-refractivity contribution >= 4 is 22.9 Å². The summed E-state index contributed by atoms with van der Waals surface area (Å²) in [6.07, 6.45) is 0.609. The Balaban J connectivity index is 1.63. The Bertz CT molecular complexity index is 1250. The number of fused-ring (bicyclic) bond motifs is 1. The molecule has 156 valence electrons. The summed E-state index contributed by atoms with van der Waals surface area (Å²) in [4.78, 5) is 29.2. The molecule has 1 N–H and O–H groups in total. The van der Waals surface area contributed by atoms with E-state index in [9.17, 15) is 22.8 Å². The van der Waals surface area contributed by atoms with E-state index in [1.165, 1.54) is 18.3 Å². The Kier molecular flexibility index (Phi) is 5.29. The van der Waals surface area contributed by atoms with Crippen molar-refractivity contribution in [2.45, 2.75) is 12.6 Å². The van der Waals surface area contributed by atoms with Crippen LogP contribution in [0.1, 0.15) is 27.2 Å². The van der Waals surface area contributed by atoms with Crippen molar-refractivity contribution in [3.8, 4) is 0 Å². The molecule has 3 aromatic heterocycles. The maximum Gasteiger partial charge on any atom is 0.416 e. The summed E-state index contributed by atoms with van der Waals surface area (Å²) >= 11 is 0. The minimum Gasteiger partial charge on any atom is -0.320 e. The second-order valence-electron chi connectivity index (χ2n) is 6.90. The molecule has 0 saturated heterocycles. The zero-order valence-electron chi connectivity index (χ0n) is 16.1. The lowest BCUT2D eigenvalue weighted by Crippen LogP contribution is -2.22. The number of nitrogens with one attached hydrogen (secondary N) is 1. The SMILES string of the molecule is O=C(Nc1cccnc1)C(=O)c1cc(Cc2ccc(C(F)(F)F)cc2)n2ccccc12. The standard InChI is InChI=1S/C23H16F3N3O2/c24-23(25,26)16-8-6-15(7-9-16)12-18-13-19(20-5-1-2-11-29(18)20)21(30)22(31)28-17-4-3-10-27-14-17/h1-11,13-14H,12H2,(H,28,31). The molecule has 5 nitrogen and oxygen atoms in total. The number of aromatic nitrogens is 2. The highest BCUT2D eigenvalue weighted by atomic mass is 19.4. The number of amides is 1. The summed E-state index contributed by atoms with van der Waals surface area (Å²) in [5.74, 6) is -1.52. The number of pyridine rings is 2. The van der Waals surface area contributed by atoms with E-state index in [-0.39, 0.29) is 5.56 Å². The maximum absolute atomic E-state index is 12.8. The van der Waals surface area contributed by atoms with Crippen molar-refractivity contribution in [1.82, 2.24) is 9.38 Å². The van der Waals surface area contributed by atoms with E-state index in [1.54, 1.807) is 53.2 Å². The zero-order valence-corrected chi connectivity index (χ0v) is 16.1. The number of hydrogen-bond acceptors (Lipinski definition) is 3. The first kappa shape index (κ1) is 20.3. The molecule has 0 radical (unpaired) electrons. The molecular weight excluding hydrogens is 407 g/mol. The molecule has 0 aliphatic rings. The van der Waals surface area contributed by atoms with Crippen LogP contribution >= 0.6 is 0 Å². The van der Waals surface area contributed by atoms with E-state index in [2.05, 4.69) is 10.3 Å². The van der Waals surface area contributed by atoms with Crippen LogP contribution in [-0.2, 0) is 17.4 Å². The minimum atomic E-state index is -4.40. The Morgan fingerprint density at radius 3 is 2.45 bits per heavy atom. The molecule has 0 bridgehead atoms. The quantitative estimate of drug-likeness (QED) is 0.372. The topological polar surface area (TPSA) is 63.5 Å². The lowest BCUT2D eigenvalue weighted by molar-refractivity contribution is -0.137. The zero-order chi connectivity index (χ0) is 22.0. The molecule has 0 spiro atoms. The first-order chi connectivity index (χ1) is 14.8. The van der Waals surface area contributed by atoms with Crippen LogP contribution in [0.4, 0.5) is 18.9 Å². The van der Waals surface area contributed by atoms with Gasteiger partial charge in [-0.2, -0.15) is 13.2 Å². The summed E-state index contributed by atoms with van der Waals surface area (Å²) in [5, 5.41) is 2.52. The van der Waals surface area contributed by atoms with E-state index in [0.717, 1.165) is 12.1 Å². The van der Waals surface area contributed by atoms with E-state index in [0.29, 0.717) is 28.9 Å². The van der Waals surface area contributed by atoms with Crippen molar-refractivity contribution in [3.63, 3.8) is 0 Å². The van der Waals surface area contributed by atoms with Crippen LogP contribution in [0.15, 0.2) is 79.3 Å². The molecular formula is C23H16F3N3O2. The van der Waals surface area contributed by atoms with Crippen molar-refractivity contribution in [1.29, 1.82) is 0 Å². The molecule has 0 aliphatic carbocycles. The fourth-order valence-corrected chi connectivity index (χ4v) is 3.31. The van der Waals surface area contributed by atoms with Crippen LogP contribution in [-0.4, -0.2) is 21.1 Å². The molecule has 4 rings (SSSR count). The number of ketones is 1. The third kappa shape index (κ3) is 4.32.